The van der Waals surface area contributed by atoms with E-state index >= 15 is 0 Å². The Morgan fingerprint density at radius 1 is 1.29 bits per heavy atom. The second-order valence-corrected chi connectivity index (χ2v) is 6.12. The zero-order valence-corrected chi connectivity index (χ0v) is 13.6. The van der Waals surface area contributed by atoms with Gasteiger partial charge in [0.15, 0.2) is 11.5 Å². The first kappa shape index (κ1) is 15.8. The number of aryl methyl sites for hydroxylation is 1. The summed E-state index contributed by atoms with van der Waals surface area (Å²) in [6, 6.07) is 6.05. The van der Waals surface area contributed by atoms with Crippen LogP contribution < -0.4 is 14.8 Å². The number of nitrogens with one attached hydrogen (secondary N) is 1. The van der Waals surface area contributed by atoms with Crippen molar-refractivity contribution >= 4 is 11.3 Å². The van der Waals surface area contributed by atoms with Crippen LogP contribution in [0.3, 0.4) is 0 Å². The third-order valence-corrected chi connectivity index (χ3v) is 3.91. The van der Waals surface area contributed by atoms with Crippen molar-refractivity contribution in [1.29, 1.82) is 0 Å². The molecular formula is C16H22N2O2S. The molecule has 5 heteroatoms. The molecule has 1 heterocycles. The molecule has 0 atom stereocenters. The number of benzene rings is 1. The van der Waals surface area contributed by atoms with Gasteiger partial charge in [-0.25, -0.2) is 4.98 Å². The van der Waals surface area contributed by atoms with Crippen LogP contribution in [0.15, 0.2) is 24.4 Å². The molecule has 2 rings (SSSR count). The van der Waals surface area contributed by atoms with Gasteiger partial charge in [-0.05, 0) is 37.6 Å². The molecule has 1 N–H and O–H groups in total. The van der Waals surface area contributed by atoms with Crippen molar-refractivity contribution in [3.8, 4) is 11.5 Å². The Hall–Kier alpha value is -1.59. The first-order chi connectivity index (χ1) is 10.2. The minimum atomic E-state index is 0.522. The van der Waals surface area contributed by atoms with E-state index in [1.54, 1.807) is 18.4 Å². The molecule has 0 saturated carbocycles. The zero-order chi connectivity index (χ0) is 15.1. The number of thiazole rings is 1. The standard InChI is InChI=1S/C16H22N2O2S/c1-4-7-17-9-13-5-6-15(19-3)16(8-13)20-11-14-10-18-12(2)21-14/h5-6,8,10,17H,4,7,9,11H2,1-3H3. The molecule has 0 fully saturated rings. The maximum absolute atomic E-state index is 5.89. The zero-order valence-electron chi connectivity index (χ0n) is 12.8. The average molecular weight is 306 g/mol. The van der Waals surface area contributed by atoms with Gasteiger partial charge in [-0.2, -0.15) is 0 Å². The normalized spacial score (nSPS) is 10.6. The SMILES string of the molecule is CCCNCc1ccc(OC)c(OCc2cnc(C)s2)c1. The third-order valence-electron chi connectivity index (χ3n) is 3.02. The smallest absolute Gasteiger partial charge is 0.162 e. The number of nitrogens with zero attached hydrogens (tertiary/aromatic N) is 1. The first-order valence-corrected chi connectivity index (χ1v) is 7.96. The summed E-state index contributed by atoms with van der Waals surface area (Å²) < 4.78 is 11.3. The number of rotatable bonds is 8. The van der Waals surface area contributed by atoms with Gasteiger partial charge in [-0.15, -0.1) is 11.3 Å². The number of aromatic nitrogens is 1. The summed E-state index contributed by atoms with van der Waals surface area (Å²) in [7, 11) is 1.66. The lowest BCUT2D eigenvalue weighted by Crippen LogP contribution is -2.13. The van der Waals surface area contributed by atoms with Crippen LogP contribution in [-0.4, -0.2) is 18.6 Å². The summed E-state index contributed by atoms with van der Waals surface area (Å²) in [6.07, 6.45) is 2.99. The molecular weight excluding hydrogens is 284 g/mol. The summed E-state index contributed by atoms with van der Waals surface area (Å²) in [6.45, 7) is 6.53. The largest absolute Gasteiger partial charge is 0.493 e. The van der Waals surface area contributed by atoms with E-state index in [1.165, 1.54) is 5.56 Å². The average Bonchev–Trinajstić information content (AvgIpc) is 2.91. The van der Waals surface area contributed by atoms with E-state index in [1.807, 2.05) is 25.3 Å². The topological polar surface area (TPSA) is 43.4 Å². The lowest BCUT2D eigenvalue weighted by atomic mass is 10.2. The monoisotopic (exact) mass is 306 g/mol. The fourth-order valence-corrected chi connectivity index (χ4v) is 2.68. The maximum Gasteiger partial charge on any atom is 0.162 e. The van der Waals surface area contributed by atoms with Gasteiger partial charge < -0.3 is 14.8 Å². The van der Waals surface area contributed by atoms with Crippen molar-refractivity contribution in [3.05, 3.63) is 39.8 Å². The van der Waals surface area contributed by atoms with Crippen molar-refractivity contribution in [2.45, 2.75) is 33.4 Å². The van der Waals surface area contributed by atoms with E-state index in [-0.39, 0.29) is 0 Å². The summed E-state index contributed by atoms with van der Waals surface area (Å²) in [5.41, 5.74) is 1.19. The molecule has 0 radical (unpaired) electrons. The van der Waals surface area contributed by atoms with Crippen LogP contribution in [0.2, 0.25) is 0 Å². The quantitative estimate of drug-likeness (QED) is 0.758. The highest BCUT2D eigenvalue weighted by Crippen LogP contribution is 2.29. The van der Waals surface area contributed by atoms with E-state index in [0.717, 1.165) is 40.9 Å². The molecule has 4 nitrogen and oxygen atoms in total. The van der Waals surface area contributed by atoms with Crippen molar-refractivity contribution in [2.75, 3.05) is 13.7 Å². The van der Waals surface area contributed by atoms with Gasteiger partial charge in [0.1, 0.15) is 6.61 Å². The molecule has 0 aliphatic rings. The predicted molar refractivity (Wildman–Crippen MR) is 86.2 cm³/mol. The molecule has 0 bridgehead atoms. The van der Waals surface area contributed by atoms with Gasteiger partial charge in [0.05, 0.1) is 17.0 Å². The van der Waals surface area contributed by atoms with Crippen molar-refractivity contribution in [3.63, 3.8) is 0 Å². The maximum atomic E-state index is 5.89. The van der Waals surface area contributed by atoms with Crippen LogP contribution in [0.4, 0.5) is 0 Å². The van der Waals surface area contributed by atoms with Gasteiger partial charge in [0.2, 0.25) is 0 Å². The second kappa shape index (κ2) is 8.00. The molecule has 1 aromatic heterocycles. The van der Waals surface area contributed by atoms with E-state index in [9.17, 15) is 0 Å². The molecule has 0 aliphatic heterocycles. The van der Waals surface area contributed by atoms with Crippen LogP contribution >= 0.6 is 11.3 Å². The predicted octanol–water partition coefficient (Wildman–Crippen LogP) is 3.54. The van der Waals surface area contributed by atoms with Crippen molar-refractivity contribution in [1.82, 2.24) is 10.3 Å². The number of methoxy groups -OCH3 is 1. The van der Waals surface area contributed by atoms with Crippen LogP contribution in [-0.2, 0) is 13.2 Å². The summed E-state index contributed by atoms with van der Waals surface area (Å²) >= 11 is 1.65. The van der Waals surface area contributed by atoms with Crippen LogP contribution in [0.25, 0.3) is 0 Å². The molecule has 21 heavy (non-hydrogen) atoms. The van der Waals surface area contributed by atoms with Crippen LogP contribution in [0.1, 0.15) is 28.8 Å². The van der Waals surface area contributed by atoms with Gasteiger partial charge in [-0.3, -0.25) is 0 Å². The summed E-state index contributed by atoms with van der Waals surface area (Å²) in [5, 5.41) is 4.44. The Kier molecular flexibility index (Phi) is 6.02. The highest BCUT2D eigenvalue weighted by molar-refractivity contribution is 7.11. The van der Waals surface area contributed by atoms with Gasteiger partial charge >= 0.3 is 0 Å². The molecule has 0 spiro atoms. The van der Waals surface area contributed by atoms with Gasteiger partial charge in [-0.1, -0.05) is 13.0 Å². The molecule has 114 valence electrons. The first-order valence-electron chi connectivity index (χ1n) is 7.14. The number of hydrogen-bond acceptors (Lipinski definition) is 5. The lowest BCUT2D eigenvalue weighted by Gasteiger charge is -2.12. The van der Waals surface area contributed by atoms with Crippen LogP contribution in [0, 0.1) is 6.92 Å². The molecule has 0 amide bonds. The highest BCUT2D eigenvalue weighted by atomic mass is 32.1. The van der Waals surface area contributed by atoms with Crippen molar-refractivity contribution < 1.29 is 9.47 Å². The number of ether oxygens (including phenoxy) is 2. The van der Waals surface area contributed by atoms with Gasteiger partial charge in [0.25, 0.3) is 0 Å². The Bertz CT molecular complexity index is 569. The fraction of sp³-hybridized carbons (Fsp3) is 0.438. The Balaban J connectivity index is 2.02. The second-order valence-electron chi connectivity index (χ2n) is 4.80. The van der Waals surface area contributed by atoms with Crippen LogP contribution in [0.5, 0.6) is 11.5 Å². The third kappa shape index (κ3) is 4.72. The van der Waals surface area contributed by atoms with Crippen molar-refractivity contribution in [2.24, 2.45) is 0 Å². The summed E-state index contributed by atoms with van der Waals surface area (Å²) in [5.74, 6) is 1.54. The lowest BCUT2D eigenvalue weighted by molar-refractivity contribution is 0.286. The summed E-state index contributed by atoms with van der Waals surface area (Å²) in [4.78, 5) is 5.35. The Morgan fingerprint density at radius 3 is 2.81 bits per heavy atom. The van der Waals surface area contributed by atoms with Gasteiger partial charge in [0, 0.05) is 12.7 Å². The molecule has 0 aliphatic carbocycles. The highest BCUT2D eigenvalue weighted by Gasteiger charge is 2.07. The Labute approximate surface area is 130 Å². The Morgan fingerprint density at radius 2 is 2.14 bits per heavy atom. The molecule has 0 saturated heterocycles. The molecule has 0 unspecified atom stereocenters. The van der Waals surface area contributed by atoms with E-state index in [4.69, 9.17) is 9.47 Å². The number of hydrogen-bond donors (Lipinski definition) is 1. The van der Waals surface area contributed by atoms with E-state index in [2.05, 4.69) is 23.3 Å². The van der Waals surface area contributed by atoms with E-state index in [0.29, 0.717) is 6.61 Å². The molecule has 1 aromatic carbocycles. The molecule has 2 aromatic rings. The minimum absolute atomic E-state index is 0.522. The minimum Gasteiger partial charge on any atom is -0.493 e. The van der Waals surface area contributed by atoms with E-state index < -0.39 is 0 Å². The fourth-order valence-electron chi connectivity index (χ4n) is 1.97.